The summed E-state index contributed by atoms with van der Waals surface area (Å²) in [4.78, 5) is 2.49. The van der Waals surface area contributed by atoms with Gasteiger partial charge in [-0.15, -0.1) is 0 Å². The standard InChI is InChI=1S/C16H25FN2/c1-13-11-15(16(17)12-14(13)2)5-3-4-8-19-9-6-18-7-10-19/h11-12,18H,3-10H2,1-2H3. The third kappa shape index (κ3) is 4.29. The van der Waals surface area contributed by atoms with Gasteiger partial charge in [-0.05, 0) is 62.4 Å². The molecule has 1 aliphatic rings. The lowest BCUT2D eigenvalue weighted by atomic mass is 10.0. The summed E-state index contributed by atoms with van der Waals surface area (Å²) in [6, 6.07) is 3.68. The summed E-state index contributed by atoms with van der Waals surface area (Å²) in [6.45, 7) is 9.67. The van der Waals surface area contributed by atoms with Crippen LogP contribution in [0.5, 0.6) is 0 Å². The Morgan fingerprint density at radius 3 is 2.53 bits per heavy atom. The van der Waals surface area contributed by atoms with Gasteiger partial charge in [0.25, 0.3) is 0 Å². The summed E-state index contributed by atoms with van der Waals surface area (Å²) in [6.07, 6.45) is 3.09. The highest BCUT2D eigenvalue weighted by Gasteiger charge is 2.09. The van der Waals surface area contributed by atoms with E-state index in [1.54, 1.807) is 6.07 Å². The van der Waals surface area contributed by atoms with Crippen molar-refractivity contribution in [1.82, 2.24) is 10.2 Å². The summed E-state index contributed by atoms with van der Waals surface area (Å²) in [7, 11) is 0. The van der Waals surface area contributed by atoms with Crippen molar-refractivity contribution in [1.29, 1.82) is 0 Å². The summed E-state index contributed by atoms with van der Waals surface area (Å²) >= 11 is 0. The van der Waals surface area contributed by atoms with Crippen LogP contribution < -0.4 is 5.32 Å². The molecule has 2 nitrogen and oxygen atoms in total. The first-order chi connectivity index (χ1) is 9.16. The fourth-order valence-electron chi connectivity index (χ4n) is 2.62. The van der Waals surface area contributed by atoms with Crippen LogP contribution in [0.4, 0.5) is 4.39 Å². The molecule has 3 heteroatoms. The number of nitrogens with one attached hydrogen (secondary N) is 1. The van der Waals surface area contributed by atoms with Crippen LogP contribution in [-0.2, 0) is 6.42 Å². The maximum Gasteiger partial charge on any atom is 0.126 e. The molecule has 1 aliphatic heterocycles. The van der Waals surface area contributed by atoms with Crippen molar-refractivity contribution in [3.8, 4) is 0 Å². The molecule has 0 spiro atoms. The molecular weight excluding hydrogens is 239 g/mol. The van der Waals surface area contributed by atoms with E-state index in [9.17, 15) is 4.39 Å². The molecule has 1 N–H and O–H groups in total. The quantitative estimate of drug-likeness (QED) is 0.823. The Hall–Kier alpha value is -0.930. The van der Waals surface area contributed by atoms with E-state index in [4.69, 9.17) is 0 Å². The van der Waals surface area contributed by atoms with E-state index in [1.807, 2.05) is 13.0 Å². The highest BCUT2D eigenvalue weighted by atomic mass is 19.1. The second-order valence-electron chi connectivity index (χ2n) is 5.58. The molecule has 0 atom stereocenters. The maximum absolute atomic E-state index is 13.8. The van der Waals surface area contributed by atoms with E-state index < -0.39 is 0 Å². The first-order valence-electron chi connectivity index (χ1n) is 7.35. The summed E-state index contributed by atoms with van der Waals surface area (Å²) in [5, 5.41) is 3.36. The van der Waals surface area contributed by atoms with Crippen LogP contribution in [-0.4, -0.2) is 37.6 Å². The Morgan fingerprint density at radius 2 is 1.79 bits per heavy atom. The van der Waals surface area contributed by atoms with Crippen molar-refractivity contribution in [2.45, 2.75) is 33.1 Å². The molecule has 1 heterocycles. The van der Waals surface area contributed by atoms with Gasteiger partial charge in [-0.25, -0.2) is 4.39 Å². The Morgan fingerprint density at radius 1 is 1.11 bits per heavy atom. The number of piperazine rings is 1. The lowest BCUT2D eigenvalue weighted by molar-refractivity contribution is 0.237. The zero-order chi connectivity index (χ0) is 13.7. The minimum atomic E-state index is -0.0368. The molecule has 2 rings (SSSR count). The van der Waals surface area contributed by atoms with Gasteiger partial charge in [0.1, 0.15) is 5.82 Å². The molecule has 0 aromatic heterocycles. The van der Waals surface area contributed by atoms with Crippen LogP contribution in [0.1, 0.15) is 29.5 Å². The SMILES string of the molecule is Cc1cc(F)c(CCCCN2CCNCC2)cc1C. The molecule has 0 unspecified atom stereocenters. The molecule has 106 valence electrons. The van der Waals surface area contributed by atoms with Crippen molar-refractivity contribution in [3.05, 3.63) is 34.6 Å². The smallest absolute Gasteiger partial charge is 0.126 e. The van der Waals surface area contributed by atoms with Crippen molar-refractivity contribution in [3.63, 3.8) is 0 Å². The largest absolute Gasteiger partial charge is 0.314 e. The lowest BCUT2D eigenvalue weighted by Gasteiger charge is -2.27. The average molecular weight is 264 g/mol. The van der Waals surface area contributed by atoms with Gasteiger partial charge in [0.05, 0.1) is 0 Å². The fourth-order valence-corrected chi connectivity index (χ4v) is 2.62. The van der Waals surface area contributed by atoms with Crippen molar-refractivity contribution >= 4 is 0 Å². The van der Waals surface area contributed by atoms with Crippen LogP contribution >= 0.6 is 0 Å². The first-order valence-corrected chi connectivity index (χ1v) is 7.35. The van der Waals surface area contributed by atoms with Gasteiger partial charge in [-0.1, -0.05) is 6.07 Å². The van der Waals surface area contributed by atoms with E-state index in [2.05, 4.69) is 17.1 Å². The van der Waals surface area contributed by atoms with Crippen LogP contribution in [0, 0.1) is 19.7 Å². The van der Waals surface area contributed by atoms with Crippen molar-refractivity contribution in [2.75, 3.05) is 32.7 Å². The molecule has 0 saturated carbocycles. The van der Waals surface area contributed by atoms with Gasteiger partial charge in [0.2, 0.25) is 0 Å². The van der Waals surface area contributed by atoms with Crippen LogP contribution in [0.15, 0.2) is 12.1 Å². The van der Waals surface area contributed by atoms with E-state index in [0.29, 0.717) is 0 Å². The number of hydrogen-bond acceptors (Lipinski definition) is 2. The molecule has 0 bridgehead atoms. The monoisotopic (exact) mass is 264 g/mol. The third-order valence-electron chi connectivity index (χ3n) is 4.04. The Balaban J connectivity index is 1.74. The number of halogens is 1. The molecule has 0 radical (unpaired) electrons. The van der Waals surface area contributed by atoms with Crippen LogP contribution in [0.2, 0.25) is 0 Å². The van der Waals surface area contributed by atoms with Crippen molar-refractivity contribution in [2.24, 2.45) is 0 Å². The minimum Gasteiger partial charge on any atom is -0.314 e. The topological polar surface area (TPSA) is 15.3 Å². The average Bonchev–Trinajstić information content (AvgIpc) is 2.41. The van der Waals surface area contributed by atoms with E-state index in [-0.39, 0.29) is 5.82 Å². The molecule has 1 saturated heterocycles. The van der Waals surface area contributed by atoms with E-state index in [1.165, 1.54) is 5.56 Å². The minimum absolute atomic E-state index is 0.0368. The maximum atomic E-state index is 13.8. The second kappa shape index (κ2) is 7.01. The van der Waals surface area contributed by atoms with Crippen LogP contribution in [0.25, 0.3) is 0 Å². The molecule has 1 aromatic rings. The predicted molar refractivity (Wildman–Crippen MR) is 78.1 cm³/mol. The zero-order valence-electron chi connectivity index (χ0n) is 12.1. The number of unbranched alkanes of at least 4 members (excludes halogenated alkanes) is 1. The summed E-state index contributed by atoms with van der Waals surface area (Å²) in [5.74, 6) is -0.0368. The van der Waals surface area contributed by atoms with Gasteiger partial charge >= 0.3 is 0 Å². The van der Waals surface area contributed by atoms with Crippen LogP contribution in [0.3, 0.4) is 0 Å². The Kier molecular flexibility index (Phi) is 5.34. The number of rotatable bonds is 5. The highest BCUT2D eigenvalue weighted by molar-refractivity contribution is 5.31. The predicted octanol–water partition coefficient (Wildman–Crippen LogP) is 2.67. The van der Waals surface area contributed by atoms with Gasteiger partial charge < -0.3 is 10.2 Å². The third-order valence-corrected chi connectivity index (χ3v) is 4.04. The summed E-state index contributed by atoms with van der Waals surface area (Å²) in [5.41, 5.74) is 3.11. The molecule has 0 amide bonds. The van der Waals surface area contributed by atoms with Gasteiger partial charge in [-0.2, -0.15) is 0 Å². The van der Waals surface area contributed by atoms with Gasteiger partial charge in [0.15, 0.2) is 0 Å². The normalized spacial score (nSPS) is 16.8. The van der Waals surface area contributed by atoms with E-state index in [0.717, 1.165) is 63.1 Å². The number of hydrogen-bond donors (Lipinski definition) is 1. The molecule has 1 fully saturated rings. The Bertz CT molecular complexity index is 411. The van der Waals surface area contributed by atoms with Gasteiger partial charge in [0, 0.05) is 26.2 Å². The van der Waals surface area contributed by atoms with Crippen molar-refractivity contribution < 1.29 is 4.39 Å². The molecule has 0 aliphatic carbocycles. The number of nitrogens with zero attached hydrogens (tertiary/aromatic N) is 1. The van der Waals surface area contributed by atoms with E-state index >= 15 is 0 Å². The second-order valence-corrected chi connectivity index (χ2v) is 5.58. The molecule has 19 heavy (non-hydrogen) atoms. The molecular formula is C16H25FN2. The van der Waals surface area contributed by atoms with Gasteiger partial charge in [-0.3, -0.25) is 0 Å². The zero-order valence-corrected chi connectivity index (χ0v) is 12.1. The number of aryl methyl sites for hydroxylation is 3. The first kappa shape index (κ1) is 14.5. The fraction of sp³-hybridized carbons (Fsp3) is 0.625. The highest BCUT2D eigenvalue weighted by Crippen LogP contribution is 2.16. The number of benzene rings is 1. The Labute approximate surface area is 116 Å². The molecule has 1 aromatic carbocycles. The summed E-state index contributed by atoms with van der Waals surface area (Å²) < 4.78 is 13.8. The lowest BCUT2D eigenvalue weighted by Crippen LogP contribution is -2.43.